The van der Waals surface area contributed by atoms with Gasteiger partial charge < -0.3 is 4.74 Å². The first-order valence-corrected chi connectivity index (χ1v) is 17.3. The maximum Gasteiger partial charge on any atom is 0.319 e. The molecule has 11 aromatic rings. The van der Waals surface area contributed by atoms with E-state index < -0.39 is 5.66 Å². The summed E-state index contributed by atoms with van der Waals surface area (Å²) in [7, 11) is 0. The zero-order valence-corrected chi connectivity index (χ0v) is 26.6. The number of hydrogen-bond acceptors (Lipinski definition) is 1. The Balaban J connectivity index is 1.36. The van der Waals surface area contributed by atoms with Crippen LogP contribution in [0.15, 0.2) is 146 Å². The van der Waals surface area contributed by atoms with E-state index in [4.69, 9.17) is 4.74 Å². The van der Waals surface area contributed by atoms with Gasteiger partial charge in [-0.25, -0.2) is 0 Å². The van der Waals surface area contributed by atoms with Crippen molar-refractivity contribution in [1.82, 2.24) is 8.97 Å². The van der Waals surface area contributed by atoms with Gasteiger partial charge in [-0.3, -0.25) is 0 Å². The van der Waals surface area contributed by atoms with Crippen molar-refractivity contribution in [3.8, 4) is 17.3 Å². The van der Waals surface area contributed by atoms with Crippen molar-refractivity contribution in [3.63, 3.8) is 0 Å². The van der Waals surface area contributed by atoms with E-state index in [1.807, 2.05) is 0 Å². The third-order valence-electron chi connectivity index (χ3n) is 12.0. The van der Waals surface area contributed by atoms with E-state index in [2.05, 4.69) is 164 Å². The summed E-state index contributed by atoms with van der Waals surface area (Å²) in [4.78, 5) is 0. The van der Waals surface area contributed by atoms with E-state index in [0.717, 1.165) is 17.3 Å². The van der Waals surface area contributed by atoms with Crippen LogP contribution in [-0.4, -0.2) is 8.97 Å². The third kappa shape index (κ3) is 2.31. The predicted molar refractivity (Wildman–Crippen MR) is 198 cm³/mol. The first-order chi connectivity index (χ1) is 24.9. The fourth-order valence-electron chi connectivity index (χ4n) is 10.4. The Morgan fingerprint density at radius 2 is 1.12 bits per heavy atom. The van der Waals surface area contributed by atoms with Gasteiger partial charge in [0.1, 0.15) is 33.7 Å². The highest BCUT2D eigenvalue weighted by Gasteiger charge is 2.65. The van der Waals surface area contributed by atoms with Crippen LogP contribution in [0.25, 0.3) is 87.5 Å². The molecule has 1 spiro atoms. The van der Waals surface area contributed by atoms with Crippen LogP contribution in [0, 0.1) is 0 Å². The molecule has 5 nitrogen and oxygen atoms in total. The molecule has 14 rings (SSSR count). The highest BCUT2D eigenvalue weighted by Crippen LogP contribution is 2.58. The van der Waals surface area contributed by atoms with Crippen LogP contribution in [0.4, 0.5) is 0 Å². The van der Waals surface area contributed by atoms with E-state index in [9.17, 15) is 0 Å². The SMILES string of the molecule is c1cc[n+]2c(c1)-n1c3ccccc3c3ccc4c(c31)C21c2c(ccc3c2c2n(c5ccccc5[n+]21)c1c2ccccc2c2ccccc2c31)O4. The fraction of sp³-hybridized carbons (Fsp3) is 0.0222. The van der Waals surface area contributed by atoms with Crippen LogP contribution in [0.3, 0.4) is 0 Å². The van der Waals surface area contributed by atoms with Crippen LogP contribution >= 0.6 is 0 Å². The van der Waals surface area contributed by atoms with Crippen molar-refractivity contribution in [2.75, 3.05) is 0 Å². The molecule has 0 radical (unpaired) electrons. The van der Waals surface area contributed by atoms with E-state index in [-0.39, 0.29) is 0 Å². The van der Waals surface area contributed by atoms with Gasteiger partial charge in [-0.15, -0.1) is 0 Å². The fourth-order valence-corrected chi connectivity index (χ4v) is 10.4. The molecule has 7 aromatic carbocycles. The summed E-state index contributed by atoms with van der Waals surface area (Å²) in [5, 5.41) is 11.3. The number of imidazole rings is 1. The molecule has 0 N–H and O–H groups in total. The van der Waals surface area contributed by atoms with Crippen molar-refractivity contribution in [3.05, 3.63) is 157 Å². The average Bonchev–Trinajstić information content (AvgIpc) is 3.81. The zero-order chi connectivity index (χ0) is 32.0. The van der Waals surface area contributed by atoms with Crippen molar-refractivity contribution in [2.45, 2.75) is 5.66 Å². The van der Waals surface area contributed by atoms with Crippen LogP contribution in [0.5, 0.6) is 11.5 Å². The Labute approximate surface area is 283 Å². The lowest BCUT2D eigenvalue weighted by Crippen LogP contribution is -2.75. The van der Waals surface area contributed by atoms with Crippen LogP contribution < -0.4 is 13.9 Å². The summed E-state index contributed by atoms with van der Waals surface area (Å²) in [5.74, 6) is 2.95. The van der Waals surface area contributed by atoms with Crippen molar-refractivity contribution >= 4 is 81.7 Å². The number of ether oxygens (including phenoxy) is 1. The molecule has 0 saturated carbocycles. The van der Waals surface area contributed by atoms with E-state index in [1.165, 1.54) is 92.8 Å². The largest absolute Gasteiger partial charge is 0.456 e. The van der Waals surface area contributed by atoms with Gasteiger partial charge in [-0.1, -0.05) is 78.9 Å². The van der Waals surface area contributed by atoms with E-state index in [1.54, 1.807) is 0 Å². The number of rotatable bonds is 0. The number of nitrogens with zero attached hydrogens (tertiary/aromatic N) is 4. The molecule has 0 bridgehead atoms. The summed E-state index contributed by atoms with van der Waals surface area (Å²) >= 11 is 0. The summed E-state index contributed by atoms with van der Waals surface area (Å²) < 4.78 is 17.3. The lowest BCUT2D eigenvalue weighted by Gasteiger charge is -2.36. The first-order valence-electron chi connectivity index (χ1n) is 17.3. The second kappa shape index (κ2) is 7.77. The van der Waals surface area contributed by atoms with Gasteiger partial charge in [0.2, 0.25) is 0 Å². The summed E-state index contributed by atoms with van der Waals surface area (Å²) in [6, 6.07) is 51.3. The Hall–Kier alpha value is -6.72. The van der Waals surface area contributed by atoms with E-state index in [0.29, 0.717) is 0 Å². The smallest absolute Gasteiger partial charge is 0.319 e. The summed E-state index contributed by atoms with van der Waals surface area (Å²) in [6.45, 7) is 0. The average molecular weight is 637 g/mol. The summed E-state index contributed by atoms with van der Waals surface area (Å²) in [6.07, 6.45) is 2.28. The number of fused-ring (bicyclic) bond motifs is 16. The lowest BCUT2D eigenvalue weighted by atomic mass is 9.83. The van der Waals surface area contributed by atoms with Gasteiger partial charge in [0.05, 0.1) is 11.6 Å². The van der Waals surface area contributed by atoms with Gasteiger partial charge in [0, 0.05) is 33.0 Å². The predicted octanol–water partition coefficient (Wildman–Crippen LogP) is 9.41. The van der Waals surface area contributed by atoms with Gasteiger partial charge in [-0.05, 0) is 70.8 Å². The Bertz CT molecular complexity index is 3480. The molecule has 4 aromatic heterocycles. The molecule has 3 aliphatic rings. The number of pyridine rings is 2. The molecule has 50 heavy (non-hydrogen) atoms. The molecule has 5 heteroatoms. The minimum absolute atomic E-state index is 0.734. The van der Waals surface area contributed by atoms with E-state index >= 15 is 0 Å². The van der Waals surface area contributed by atoms with Crippen LogP contribution in [0.1, 0.15) is 11.1 Å². The second-order valence-corrected chi connectivity index (χ2v) is 14.0. The standard InChI is InChI=1S/C45H24N4O/c1-3-14-28-25(11-1)26-12-2-4-15-29(26)42-38(28)31-21-23-35-40-39(31)44-48(42)33-17-7-8-18-34(33)49(44)45(40)41-36(50-35)22-20-30-27-13-5-6-16-32(27)47(43(30)41)37-19-9-10-24-46(37)45/h1-24H/q+2. The Morgan fingerprint density at radius 3 is 1.98 bits per heavy atom. The molecule has 1 unspecified atom stereocenters. The van der Waals surface area contributed by atoms with Gasteiger partial charge in [0.25, 0.3) is 5.82 Å². The van der Waals surface area contributed by atoms with Crippen molar-refractivity contribution in [1.29, 1.82) is 0 Å². The molecule has 228 valence electrons. The zero-order valence-electron chi connectivity index (χ0n) is 26.6. The molecule has 3 aliphatic heterocycles. The monoisotopic (exact) mass is 636 g/mol. The van der Waals surface area contributed by atoms with Gasteiger partial charge >= 0.3 is 11.3 Å². The summed E-state index contributed by atoms with van der Waals surface area (Å²) in [5.41, 5.74) is 8.91. The third-order valence-corrected chi connectivity index (χ3v) is 12.0. The minimum atomic E-state index is -0.734. The first kappa shape index (κ1) is 24.4. The highest BCUT2D eigenvalue weighted by molar-refractivity contribution is 6.33. The Kier molecular flexibility index (Phi) is 3.80. The topological polar surface area (TPSA) is 26.3 Å². The molecule has 0 fully saturated rings. The van der Waals surface area contributed by atoms with Gasteiger partial charge in [-0.2, -0.15) is 18.1 Å². The van der Waals surface area contributed by atoms with Gasteiger partial charge in [0.15, 0.2) is 16.6 Å². The second-order valence-electron chi connectivity index (χ2n) is 14.0. The number of benzene rings is 7. The van der Waals surface area contributed by atoms with Crippen molar-refractivity contribution < 1.29 is 13.9 Å². The quantitative estimate of drug-likeness (QED) is 0.120. The minimum Gasteiger partial charge on any atom is -0.456 e. The Morgan fingerprint density at radius 1 is 0.480 bits per heavy atom. The molecule has 7 heterocycles. The molecule has 1 atom stereocenters. The number of aromatic nitrogens is 4. The molecule has 0 amide bonds. The normalized spacial score (nSPS) is 16.6. The molecular weight excluding hydrogens is 613 g/mol. The molecule has 0 aliphatic carbocycles. The number of hydrogen-bond donors (Lipinski definition) is 0. The van der Waals surface area contributed by atoms with Crippen LogP contribution in [-0.2, 0) is 5.66 Å². The lowest BCUT2D eigenvalue weighted by molar-refractivity contribution is -0.946. The van der Waals surface area contributed by atoms with Crippen molar-refractivity contribution in [2.24, 2.45) is 0 Å². The maximum absolute atomic E-state index is 7.07. The highest BCUT2D eigenvalue weighted by atomic mass is 16.5. The van der Waals surface area contributed by atoms with Crippen LogP contribution in [0.2, 0.25) is 0 Å². The molecule has 0 saturated heterocycles. The number of para-hydroxylation sites is 3. The maximum atomic E-state index is 7.07. The molecular formula is C45H24N4O+2.